The van der Waals surface area contributed by atoms with Crippen LogP contribution in [-0.2, 0) is 9.59 Å². The SMILES string of the molecule is I.N[C@@H](CCC(=O)[O-])C(=O)[O-].[Mg+2]. The molecule has 0 aliphatic carbocycles. The number of rotatable bonds is 4. The van der Waals surface area contributed by atoms with Crippen LogP contribution in [0, 0.1) is 0 Å². The summed E-state index contributed by atoms with van der Waals surface area (Å²) in [7, 11) is 0. The number of carboxylic acid groups (broad SMARTS) is 2. The average molecular weight is 297 g/mol. The second-order valence-corrected chi connectivity index (χ2v) is 1.84. The minimum Gasteiger partial charge on any atom is -0.550 e. The molecule has 0 radical (unpaired) electrons. The van der Waals surface area contributed by atoms with Gasteiger partial charge in [0.05, 0.1) is 5.97 Å². The first-order valence-electron chi connectivity index (χ1n) is 2.70. The molecule has 0 aliphatic rings. The maximum absolute atomic E-state index is 9.86. The van der Waals surface area contributed by atoms with Gasteiger partial charge in [0.1, 0.15) is 0 Å². The second kappa shape index (κ2) is 9.48. The van der Waals surface area contributed by atoms with Crippen molar-refractivity contribution in [3.63, 3.8) is 0 Å². The number of carbonyl (C=O) groups excluding carboxylic acids is 2. The zero-order chi connectivity index (χ0) is 8.15. The summed E-state index contributed by atoms with van der Waals surface area (Å²) in [5.41, 5.74) is 4.91. The number of hydrogen-bond donors (Lipinski definition) is 1. The summed E-state index contributed by atoms with van der Waals surface area (Å²) in [6.07, 6.45) is -0.500. The van der Waals surface area contributed by atoms with Crippen molar-refractivity contribution in [3.05, 3.63) is 0 Å². The summed E-state index contributed by atoms with van der Waals surface area (Å²) in [4.78, 5) is 19.6. The van der Waals surface area contributed by atoms with Crippen molar-refractivity contribution in [2.24, 2.45) is 5.73 Å². The van der Waals surface area contributed by atoms with Gasteiger partial charge in [-0.3, -0.25) is 0 Å². The summed E-state index contributed by atoms with van der Waals surface area (Å²) in [6, 6.07) is -1.21. The normalized spacial score (nSPS) is 10.4. The molecule has 0 amide bonds. The van der Waals surface area contributed by atoms with E-state index in [2.05, 4.69) is 0 Å². The molecule has 0 saturated carbocycles. The molecule has 0 aromatic heterocycles. The molecular weight excluding hydrogens is 289 g/mol. The Labute approximate surface area is 103 Å². The molecule has 5 nitrogen and oxygen atoms in total. The fourth-order valence-corrected chi connectivity index (χ4v) is 0.391. The van der Waals surface area contributed by atoms with Crippen LogP contribution in [0.1, 0.15) is 12.8 Å². The standard InChI is InChI=1S/C5H9NO4.HI.Mg/c6-3(5(9)10)1-2-4(7)8;;/h3H,1-2,6H2,(H,7,8)(H,9,10);1H;/q;;+2/p-2/t3-;;/m0../s1. The first kappa shape index (κ1) is 18.2. The van der Waals surface area contributed by atoms with Crippen molar-refractivity contribution in [1.82, 2.24) is 0 Å². The van der Waals surface area contributed by atoms with Crippen molar-refractivity contribution in [1.29, 1.82) is 0 Å². The van der Waals surface area contributed by atoms with Crippen molar-refractivity contribution in [2.75, 3.05) is 0 Å². The van der Waals surface area contributed by atoms with Crippen LogP contribution < -0.4 is 15.9 Å². The number of hydrogen-bond acceptors (Lipinski definition) is 5. The maximum Gasteiger partial charge on any atom is 2.00 e. The van der Waals surface area contributed by atoms with E-state index in [9.17, 15) is 19.8 Å². The van der Waals surface area contributed by atoms with Gasteiger partial charge in [-0.05, 0) is 12.8 Å². The van der Waals surface area contributed by atoms with E-state index in [-0.39, 0.29) is 59.9 Å². The Balaban J connectivity index is -0.000000405. The number of nitrogens with two attached hydrogens (primary N) is 1. The van der Waals surface area contributed by atoms with E-state index < -0.39 is 18.0 Å². The van der Waals surface area contributed by atoms with Gasteiger partial charge in [0.25, 0.3) is 0 Å². The van der Waals surface area contributed by atoms with Gasteiger partial charge in [0, 0.05) is 12.0 Å². The molecule has 1 atom stereocenters. The van der Waals surface area contributed by atoms with Gasteiger partial charge in [-0.25, -0.2) is 0 Å². The second-order valence-electron chi connectivity index (χ2n) is 1.84. The first-order chi connectivity index (χ1) is 4.54. The van der Waals surface area contributed by atoms with E-state index in [0.717, 1.165) is 0 Å². The molecule has 0 aromatic rings. The van der Waals surface area contributed by atoms with E-state index in [0.29, 0.717) is 0 Å². The summed E-state index contributed by atoms with van der Waals surface area (Å²) < 4.78 is 0. The fourth-order valence-electron chi connectivity index (χ4n) is 0.391. The predicted octanol–water partition coefficient (Wildman–Crippen LogP) is -3.17. The van der Waals surface area contributed by atoms with Crippen molar-refractivity contribution in [3.8, 4) is 0 Å². The topological polar surface area (TPSA) is 106 Å². The number of carboxylic acids is 2. The molecule has 66 valence electrons. The van der Waals surface area contributed by atoms with E-state index in [1.54, 1.807) is 0 Å². The Kier molecular flexibility index (Phi) is 14.4. The molecule has 2 N–H and O–H groups in total. The van der Waals surface area contributed by atoms with Gasteiger partial charge in [-0.15, -0.1) is 24.0 Å². The predicted molar refractivity (Wildman–Crippen MR) is 48.4 cm³/mol. The van der Waals surface area contributed by atoms with Crippen molar-refractivity contribution < 1.29 is 19.8 Å². The van der Waals surface area contributed by atoms with Crippen LogP contribution in [0.2, 0.25) is 0 Å². The summed E-state index contributed by atoms with van der Waals surface area (Å²) in [6.45, 7) is 0. The number of halogens is 1. The van der Waals surface area contributed by atoms with E-state index >= 15 is 0 Å². The van der Waals surface area contributed by atoms with Gasteiger partial charge in [0.2, 0.25) is 0 Å². The van der Waals surface area contributed by atoms with Crippen molar-refractivity contribution in [2.45, 2.75) is 18.9 Å². The molecule has 0 spiro atoms. The van der Waals surface area contributed by atoms with Crippen LogP contribution >= 0.6 is 24.0 Å². The van der Waals surface area contributed by atoms with Crippen LogP contribution in [0.3, 0.4) is 0 Å². The monoisotopic (exact) mass is 297 g/mol. The van der Waals surface area contributed by atoms with Crippen molar-refractivity contribution >= 4 is 59.0 Å². The molecule has 0 heterocycles. The summed E-state index contributed by atoms with van der Waals surface area (Å²) >= 11 is 0. The van der Waals surface area contributed by atoms with Crippen LogP contribution in [0.25, 0.3) is 0 Å². The van der Waals surface area contributed by atoms with Crippen LogP contribution in [0.4, 0.5) is 0 Å². The number of carbonyl (C=O) groups is 2. The number of aliphatic carboxylic acids is 2. The molecule has 0 bridgehead atoms. The Morgan fingerprint density at radius 2 is 1.75 bits per heavy atom. The van der Waals surface area contributed by atoms with E-state index in [1.807, 2.05) is 0 Å². The zero-order valence-corrected chi connectivity index (χ0v) is 10.1. The quantitative estimate of drug-likeness (QED) is 0.435. The Hall–Kier alpha value is 0.396. The smallest absolute Gasteiger partial charge is 0.550 e. The van der Waals surface area contributed by atoms with Gasteiger partial charge in [-0.1, -0.05) is 0 Å². The molecule has 0 unspecified atom stereocenters. The van der Waals surface area contributed by atoms with Crippen LogP contribution in [0.5, 0.6) is 0 Å². The Morgan fingerprint density at radius 3 is 2.00 bits per heavy atom. The zero-order valence-electron chi connectivity index (χ0n) is 6.32. The molecule has 12 heavy (non-hydrogen) atoms. The maximum atomic E-state index is 9.86. The summed E-state index contributed by atoms with van der Waals surface area (Å²) in [5, 5.41) is 19.6. The fraction of sp³-hybridized carbons (Fsp3) is 0.600. The van der Waals surface area contributed by atoms with Crippen LogP contribution in [-0.4, -0.2) is 41.0 Å². The molecular formula is C5H8IMgNO4. The molecule has 0 aromatic carbocycles. The molecule has 7 heteroatoms. The van der Waals surface area contributed by atoms with Crippen LogP contribution in [0.15, 0.2) is 0 Å². The van der Waals surface area contributed by atoms with Gasteiger partial charge in [0.15, 0.2) is 0 Å². The third-order valence-corrected chi connectivity index (χ3v) is 0.962. The van der Waals surface area contributed by atoms with E-state index in [1.165, 1.54) is 0 Å². The Morgan fingerprint density at radius 1 is 1.33 bits per heavy atom. The van der Waals surface area contributed by atoms with Gasteiger partial charge < -0.3 is 25.5 Å². The minimum absolute atomic E-state index is 0. The third-order valence-electron chi connectivity index (χ3n) is 0.962. The first-order valence-corrected chi connectivity index (χ1v) is 2.70. The summed E-state index contributed by atoms with van der Waals surface area (Å²) in [5.74, 6) is -2.75. The molecule has 0 fully saturated rings. The molecule has 0 aliphatic heterocycles. The van der Waals surface area contributed by atoms with Gasteiger partial charge >= 0.3 is 23.1 Å². The average Bonchev–Trinajstić information content (AvgIpc) is 1.82. The molecule has 0 saturated heterocycles. The Bertz CT molecular complexity index is 154. The largest absolute Gasteiger partial charge is 2.00 e. The molecule has 0 rings (SSSR count). The van der Waals surface area contributed by atoms with E-state index in [4.69, 9.17) is 5.73 Å². The third kappa shape index (κ3) is 10.4. The van der Waals surface area contributed by atoms with Gasteiger partial charge in [-0.2, -0.15) is 0 Å². The minimum atomic E-state index is -1.44.